The van der Waals surface area contributed by atoms with E-state index in [2.05, 4.69) is 22.1 Å². The molecule has 1 fully saturated rings. The van der Waals surface area contributed by atoms with Gasteiger partial charge in [0.1, 0.15) is 19.3 Å². The summed E-state index contributed by atoms with van der Waals surface area (Å²) in [6.45, 7) is 10.0. The maximum absolute atomic E-state index is 12.5. The van der Waals surface area contributed by atoms with Gasteiger partial charge in [0.15, 0.2) is 11.5 Å². The number of carbonyl (C=O) groups is 1. The predicted molar refractivity (Wildman–Crippen MR) is 125 cm³/mol. The van der Waals surface area contributed by atoms with Crippen LogP contribution in [-0.4, -0.2) is 61.5 Å². The van der Waals surface area contributed by atoms with Gasteiger partial charge in [0, 0.05) is 13.1 Å². The van der Waals surface area contributed by atoms with Crippen molar-refractivity contribution in [1.82, 2.24) is 15.5 Å². The SMILES string of the molecule is C=C(CCNC(=O)N[C@H](CN1CCCC1)[C@H](O)c1ccc2c(c1)OCCO2)S/C=C\C. The first-order valence-corrected chi connectivity index (χ1v) is 11.7. The summed E-state index contributed by atoms with van der Waals surface area (Å²) in [6.07, 6.45) is 4.07. The van der Waals surface area contributed by atoms with Crippen molar-refractivity contribution in [3.63, 3.8) is 0 Å². The molecular weight excluding hydrogens is 414 g/mol. The van der Waals surface area contributed by atoms with Crippen LogP contribution in [-0.2, 0) is 0 Å². The molecule has 2 atom stereocenters. The van der Waals surface area contributed by atoms with Crippen LogP contribution in [0, 0.1) is 0 Å². The third-order valence-electron chi connectivity index (χ3n) is 5.32. The topological polar surface area (TPSA) is 83.1 Å². The van der Waals surface area contributed by atoms with E-state index in [9.17, 15) is 9.90 Å². The molecular formula is C23H33N3O4S. The highest BCUT2D eigenvalue weighted by Crippen LogP contribution is 2.33. The van der Waals surface area contributed by atoms with E-state index >= 15 is 0 Å². The fourth-order valence-corrected chi connectivity index (χ4v) is 4.25. The van der Waals surface area contributed by atoms with E-state index in [1.54, 1.807) is 17.8 Å². The van der Waals surface area contributed by atoms with Crippen molar-refractivity contribution >= 4 is 17.8 Å². The molecule has 2 aliphatic heterocycles. The van der Waals surface area contributed by atoms with Crippen molar-refractivity contribution < 1.29 is 19.4 Å². The first-order chi connectivity index (χ1) is 15.1. The van der Waals surface area contributed by atoms with Crippen molar-refractivity contribution in [2.24, 2.45) is 0 Å². The fraction of sp³-hybridized carbons (Fsp3) is 0.522. The van der Waals surface area contributed by atoms with Gasteiger partial charge in [-0.25, -0.2) is 4.79 Å². The van der Waals surface area contributed by atoms with E-state index in [1.807, 2.05) is 30.5 Å². The normalized spacial score (nSPS) is 18.0. The molecule has 1 aromatic carbocycles. The molecule has 1 aromatic rings. The molecule has 3 N–H and O–H groups in total. The van der Waals surface area contributed by atoms with Crippen molar-refractivity contribution in [2.45, 2.75) is 38.3 Å². The Bertz CT molecular complexity index is 780. The molecule has 0 saturated carbocycles. The Morgan fingerprint density at radius 2 is 2.03 bits per heavy atom. The molecule has 31 heavy (non-hydrogen) atoms. The highest BCUT2D eigenvalue weighted by molar-refractivity contribution is 8.05. The first-order valence-electron chi connectivity index (χ1n) is 10.9. The van der Waals surface area contributed by atoms with E-state index in [0.29, 0.717) is 49.8 Å². The Balaban J connectivity index is 1.60. The first kappa shape index (κ1) is 23.5. The molecule has 170 valence electrons. The number of amides is 2. The molecule has 2 aliphatic rings. The Morgan fingerprint density at radius 1 is 1.29 bits per heavy atom. The lowest BCUT2D eigenvalue weighted by Gasteiger charge is -2.29. The minimum Gasteiger partial charge on any atom is -0.486 e. The lowest BCUT2D eigenvalue weighted by Crippen LogP contribution is -2.50. The van der Waals surface area contributed by atoms with Gasteiger partial charge in [0.05, 0.1) is 6.04 Å². The molecule has 0 aromatic heterocycles. The molecule has 0 unspecified atom stereocenters. The molecule has 2 heterocycles. The summed E-state index contributed by atoms with van der Waals surface area (Å²) in [5, 5.41) is 18.9. The number of fused-ring (bicyclic) bond motifs is 1. The number of hydrogen-bond donors (Lipinski definition) is 3. The maximum atomic E-state index is 12.5. The molecule has 0 radical (unpaired) electrons. The second kappa shape index (κ2) is 12.0. The minimum absolute atomic E-state index is 0.287. The van der Waals surface area contributed by atoms with Crippen molar-refractivity contribution in [3.05, 3.63) is 46.7 Å². The summed E-state index contributed by atoms with van der Waals surface area (Å²) in [5.74, 6) is 1.31. The number of hydrogen-bond acceptors (Lipinski definition) is 6. The summed E-state index contributed by atoms with van der Waals surface area (Å²) < 4.78 is 11.2. The number of aliphatic hydroxyl groups is 1. The van der Waals surface area contributed by atoms with Gasteiger partial charge in [-0.1, -0.05) is 18.7 Å². The minimum atomic E-state index is -0.859. The molecule has 8 heteroatoms. The van der Waals surface area contributed by atoms with E-state index in [1.165, 1.54) is 0 Å². The number of thioether (sulfide) groups is 1. The van der Waals surface area contributed by atoms with Gasteiger partial charge >= 0.3 is 6.03 Å². The van der Waals surface area contributed by atoms with Gasteiger partial charge in [-0.3, -0.25) is 0 Å². The number of urea groups is 1. The molecule has 7 nitrogen and oxygen atoms in total. The third kappa shape index (κ3) is 7.19. The van der Waals surface area contributed by atoms with Gasteiger partial charge in [-0.2, -0.15) is 0 Å². The molecule has 0 spiro atoms. The van der Waals surface area contributed by atoms with Crippen LogP contribution < -0.4 is 20.1 Å². The van der Waals surface area contributed by atoms with Gasteiger partial charge in [0.2, 0.25) is 0 Å². The van der Waals surface area contributed by atoms with Gasteiger partial charge in [-0.05, 0) is 67.3 Å². The fourth-order valence-electron chi connectivity index (χ4n) is 3.70. The highest BCUT2D eigenvalue weighted by atomic mass is 32.2. The zero-order valence-corrected chi connectivity index (χ0v) is 19.0. The van der Waals surface area contributed by atoms with Crippen LogP contribution in [0.25, 0.3) is 0 Å². The lowest BCUT2D eigenvalue weighted by molar-refractivity contribution is 0.108. The van der Waals surface area contributed by atoms with Gasteiger partial charge < -0.3 is 30.1 Å². The maximum Gasteiger partial charge on any atom is 0.315 e. The molecule has 0 aliphatic carbocycles. The summed E-state index contributed by atoms with van der Waals surface area (Å²) in [4.78, 5) is 15.8. The van der Waals surface area contributed by atoms with E-state index in [4.69, 9.17) is 9.47 Å². The average molecular weight is 448 g/mol. The number of allylic oxidation sites excluding steroid dienone is 1. The summed E-state index contributed by atoms with van der Waals surface area (Å²) in [7, 11) is 0. The summed E-state index contributed by atoms with van der Waals surface area (Å²) in [5.41, 5.74) is 0.699. The third-order valence-corrected chi connectivity index (χ3v) is 6.26. The van der Waals surface area contributed by atoms with Crippen LogP contribution in [0.4, 0.5) is 4.79 Å². The number of aliphatic hydroxyl groups excluding tert-OH is 1. The van der Waals surface area contributed by atoms with Crippen LogP contribution in [0.5, 0.6) is 11.5 Å². The van der Waals surface area contributed by atoms with Crippen molar-refractivity contribution in [3.8, 4) is 11.5 Å². The number of nitrogens with one attached hydrogen (secondary N) is 2. The number of rotatable bonds is 10. The van der Waals surface area contributed by atoms with Gasteiger partial charge in [0.25, 0.3) is 0 Å². The largest absolute Gasteiger partial charge is 0.486 e. The van der Waals surface area contributed by atoms with Crippen LogP contribution in [0.2, 0.25) is 0 Å². The monoisotopic (exact) mass is 447 g/mol. The molecule has 1 saturated heterocycles. The number of ether oxygens (including phenoxy) is 2. The Hall–Kier alpha value is -2.16. The number of carbonyl (C=O) groups excluding carboxylic acids is 1. The predicted octanol–water partition coefficient (Wildman–Crippen LogP) is 3.43. The second-order valence-electron chi connectivity index (χ2n) is 7.74. The standard InChI is InChI=1S/C23H33N3O4S/c1-3-14-31-17(2)8-9-24-23(28)25-19(16-26-10-4-5-11-26)22(27)18-6-7-20-21(15-18)30-13-12-29-20/h3,6-7,14-15,19,22,27H,2,4-5,8-13,16H2,1H3,(H2,24,25,28)/b14-3-/t19-,22-/m1/s1. The Kier molecular flexibility index (Phi) is 9.12. The Morgan fingerprint density at radius 3 is 2.77 bits per heavy atom. The van der Waals surface area contributed by atoms with Crippen LogP contribution in [0.3, 0.4) is 0 Å². The zero-order chi connectivity index (χ0) is 22.1. The number of likely N-dealkylation sites (tertiary alicyclic amines) is 1. The summed E-state index contributed by atoms with van der Waals surface area (Å²) in [6, 6.07) is 4.72. The van der Waals surface area contributed by atoms with E-state index in [0.717, 1.165) is 30.8 Å². The molecule has 0 bridgehead atoms. The van der Waals surface area contributed by atoms with Crippen LogP contribution in [0.15, 0.2) is 41.2 Å². The highest BCUT2D eigenvalue weighted by Gasteiger charge is 2.27. The van der Waals surface area contributed by atoms with Gasteiger partial charge in [-0.15, -0.1) is 11.8 Å². The Labute approximate surface area is 188 Å². The molecule has 2 amide bonds. The van der Waals surface area contributed by atoms with Crippen molar-refractivity contribution in [1.29, 1.82) is 0 Å². The van der Waals surface area contributed by atoms with Crippen LogP contribution in [0.1, 0.15) is 37.9 Å². The summed E-state index contributed by atoms with van der Waals surface area (Å²) >= 11 is 1.56. The van der Waals surface area contributed by atoms with Crippen molar-refractivity contribution in [2.75, 3.05) is 39.4 Å². The lowest BCUT2D eigenvalue weighted by atomic mass is 10.0. The molecule has 3 rings (SSSR count). The number of nitrogens with zero attached hydrogens (tertiary/aromatic N) is 1. The van der Waals surface area contributed by atoms with E-state index in [-0.39, 0.29) is 6.03 Å². The average Bonchev–Trinajstić information content (AvgIpc) is 3.29. The second-order valence-corrected chi connectivity index (χ2v) is 8.82. The van der Waals surface area contributed by atoms with Crippen LogP contribution >= 0.6 is 11.8 Å². The number of benzene rings is 1. The smallest absolute Gasteiger partial charge is 0.315 e. The van der Waals surface area contributed by atoms with E-state index < -0.39 is 12.1 Å². The zero-order valence-electron chi connectivity index (χ0n) is 18.1. The quantitative estimate of drug-likeness (QED) is 0.510.